The van der Waals surface area contributed by atoms with Crippen LogP contribution in [0.1, 0.15) is 39.3 Å². The van der Waals surface area contributed by atoms with Gasteiger partial charge < -0.3 is 20.3 Å². The Morgan fingerprint density at radius 1 is 1.19 bits per heavy atom. The number of carbonyl (C=O) groups is 1. The first-order chi connectivity index (χ1) is 15.1. The molecule has 0 spiro atoms. The van der Waals surface area contributed by atoms with E-state index in [1.807, 2.05) is 20.8 Å². The number of nitrogens with one attached hydrogen (secondary N) is 2. The number of amides is 1. The van der Waals surface area contributed by atoms with Crippen molar-refractivity contribution in [1.29, 1.82) is 0 Å². The van der Waals surface area contributed by atoms with Gasteiger partial charge in [0.25, 0.3) is 0 Å². The molecule has 1 fully saturated rings. The van der Waals surface area contributed by atoms with E-state index in [0.717, 1.165) is 37.2 Å². The molecule has 0 unspecified atom stereocenters. The van der Waals surface area contributed by atoms with Crippen LogP contribution < -0.4 is 10.6 Å². The van der Waals surface area contributed by atoms with Crippen LogP contribution in [0.5, 0.6) is 0 Å². The number of halogens is 3. The number of likely N-dealkylation sites (tertiary alicyclic amines) is 1. The summed E-state index contributed by atoms with van der Waals surface area (Å²) in [4.78, 5) is 22.2. The molecule has 1 aliphatic rings. The molecule has 3 rings (SSSR count). The van der Waals surface area contributed by atoms with Crippen molar-refractivity contribution in [2.75, 3.05) is 25.0 Å². The van der Waals surface area contributed by atoms with Gasteiger partial charge in [-0.2, -0.15) is 0 Å². The minimum absolute atomic E-state index is 0.0000521. The van der Waals surface area contributed by atoms with E-state index in [4.69, 9.17) is 4.74 Å². The number of benzene rings is 1. The molecule has 1 aromatic heterocycles. The molecule has 32 heavy (non-hydrogen) atoms. The lowest BCUT2D eigenvalue weighted by Crippen LogP contribution is -2.43. The Hall–Kier alpha value is -2.33. The summed E-state index contributed by atoms with van der Waals surface area (Å²) in [6.45, 7) is 8.26. The lowest BCUT2D eigenvalue weighted by atomic mass is 9.97. The zero-order valence-electron chi connectivity index (χ0n) is 18.4. The molecule has 0 radical (unpaired) electrons. The molecule has 2 N–H and O–H groups in total. The quantitative estimate of drug-likeness (QED) is 0.531. The number of hydrogen-bond donors (Lipinski definition) is 2. The molecule has 174 valence electrons. The van der Waals surface area contributed by atoms with Crippen LogP contribution >= 0.6 is 15.9 Å². The number of nitrogens with zero attached hydrogens (tertiary/aromatic N) is 3. The number of hydrogen-bond acceptors (Lipinski definition) is 6. The Morgan fingerprint density at radius 3 is 2.59 bits per heavy atom. The minimum Gasteiger partial charge on any atom is -0.444 e. The van der Waals surface area contributed by atoms with Crippen molar-refractivity contribution in [3.05, 3.63) is 46.3 Å². The number of piperidine rings is 1. The second-order valence-electron chi connectivity index (χ2n) is 8.81. The molecule has 1 aromatic carbocycles. The molecule has 0 atom stereocenters. The smallest absolute Gasteiger partial charge is 0.410 e. The molecule has 10 heteroatoms. The van der Waals surface area contributed by atoms with Crippen molar-refractivity contribution in [3.63, 3.8) is 0 Å². The van der Waals surface area contributed by atoms with Crippen LogP contribution in [0.4, 0.5) is 25.1 Å². The second kappa shape index (κ2) is 10.5. The van der Waals surface area contributed by atoms with Crippen molar-refractivity contribution < 1.29 is 18.3 Å². The molecular weight excluding hydrogens is 484 g/mol. The summed E-state index contributed by atoms with van der Waals surface area (Å²) < 4.78 is 33.2. The molecule has 0 bridgehead atoms. The fraction of sp³-hybridized carbons (Fsp3) is 0.500. The van der Waals surface area contributed by atoms with Crippen LogP contribution in [0.15, 0.2) is 29.0 Å². The summed E-state index contributed by atoms with van der Waals surface area (Å²) in [6.07, 6.45) is 2.92. The Bertz CT molecular complexity index is 946. The van der Waals surface area contributed by atoms with Gasteiger partial charge in [-0.1, -0.05) is 0 Å². The zero-order chi connectivity index (χ0) is 23.3. The van der Waals surface area contributed by atoms with Gasteiger partial charge in [0, 0.05) is 31.8 Å². The lowest BCUT2D eigenvalue weighted by Gasteiger charge is -2.33. The SMILES string of the molecule is CC(C)(C)OC(=O)N1CCC(CNCc2cc(Nc3cc(F)c(Br)cc3F)ncn2)CC1. The van der Waals surface area contributed by atoms with Crippen molar-refractivity contribution in [1.82, 2.24) is 20.2 Å². The van der Waals surface area contributed by atoms with Gasteiger partial charge in [0.05, 0.1) is 15.9 Å². The Balaban J connectivity index is 1.45. The van der Waals surface area contributed by atoms with E-state index in [0.29, 0.717) is 31.4 Å². The first kappa shape index (κ1) is 24.3. The van der Waals surface area contributed by atoms with Crippen LogP contribution in [0, 0.1) is 17.6 Å². The fourth-order valence-electron chi connectivity index (χ4n) is 3.37. The molecule has 2 heterocycles. The third-order valence-corrected chi connectivity index (χ3v) is 5.61. The van der Waals surface area contributed by atoms with E-state index in [9.17, 15) is 13.6 Å². The summed E-state index contributed by atoms with van der Waals surface area (Å²) in [7, 11) is 0. The predicted molar refractivity (Wildman–Crippen MR) is 122 cm³/mol. The Kier molecular flexibility index (Phi) is 8.00. The molecule has 1 amide bonds. The molecule has 1 saturated heterocycles. The van der Waals surface area contributed by atoms with Crippen molar-refractivity contribution in [2.45, 2.75) is 45.8 Å². The van der Waals surface area contributed by atoms with Gasteiger partial charge in [-0.15, -0.1) is 0 Å². The molecule has 2 aromatic rings. The van der Waals surface area contributed by atoms with E-state index in [-0.39, 0.29) is 16.3 Å². The number of aromatic nitrogens is 2. The van der Waals surface area contributed by atoms with Crippen LogP contribution in [0.2, 0.25) is 0 Å². The van der Waals surface area contributed by atoms with Crippen LogP contribution in [0.3, 0.4) is 0 Å². The molecule has 0 saturated carbocycles. The fourth-order valence-corrected chi connectivity index (χ4v) is 3.68. The van der Waals surface area contributed by atoms with Crippen LogP contribution in [-0.2, 0) is 11.3 Å². The highest BCUT2D eigenvalue weighted by Gasteiger charge is 2.26. The van der Waals surface area contributed by atoms with Gasteiger partial charge in [0.2, 0.25) is 0 Å². The number of anilines is 2. The number of rotatable bonds is 6. The van der Waals surface area contributed by atoms with E-state index in [1.165, 1.54) is 6.33 Å². The summed E-state index contributed by atoms with van der Waals surface area (Å²) in [5.74, 6) is -0.326. The van der Waals surface area contributed by atoms with E-state index in [1.54, 1.807) is 11.0 Å². The highest BCUT2D eigenvalue weighted by atomic mass is 79.9. The highest BCUT2D eigenvalue weighted by molar-refractivity contribution is 9.10. The lowest BCUT2D eigenvalue weighted by molar-refractivity contribution is 0.0184. The topological polar surface area (TPSA) is 79.4 Å². The molecule has 1 aliphatic heterocycles. The first-order valence-electron chi connectivity index (χ1n) is 10.5. The van der Waals surface area contributed by atoms with E-state index in [2.05, 4.69) is 36.5 Å². The predicted octanol–water partition coefficient (Wildman–Crippen LogP) is 5.00. The maximum Gasteiger partial charge on any atom is 0.410 e. The third kappa shape index (κ3) is 7.09. The van der Waals surface area contributed by atoms with Gasteiger partial charge in [0.1, 0.15) is 29.4 Å². The summed E-state index contributed by atoms with van der Waals surface area (Å²) in [5, 5.41) is 6.17. The monoisotopic (exact) mass is 511 g/mol. The van der Waals surface area contributed by atoms with E-state index >= 15 is 0 Å². The second-order valence-corrected chi connectivity index (χ2v) is 9.66. The number of ether oxygens (including phenoxy) is 1. The minimum atomic E-state index is -0.589. The molecule has 0 aliphatic carbocycles. The largest absolute Gasteiger partial charge is 0.444 e. The van der Waals surface area contributed by atoms with Crippen molar-refractivity contribution >= 4 is 33.5 Å². The normalized spacial score (nSPS) is 15.0. The highest BCUT2D eigenvalue weighted by Crippen LogP contribution is 2.25. The maximum atomic E-state index is 14.0. The van der Waals surface area contributed by atoms with Gasteiger partial charge in [-0.3, -0.25) is 0 Å². The molecule has 7 nitrogen and oxygen atoms in total. The van der Waals surface area contributed by atoms with Crippen molar-refractivity contribution in [3.8, 4) is 0 Å². The van der Waals surface area contributed by atoms with Gasteiger partial charge in [-0.05, 0) is 68.1 Å². The van der Waals surface area contributed by atoms with Crippen LogP contribution in [0.25, 0.3) is 0 Å². The standard InChI is InChI=1S/C22H28BrF2N5O2/c1-22(2,3)32-21(31)30-6-4-14(5-7-30)11-26-12-15-8-20(28-13-27-15)29-19-10-17(24)16(23)9-18(19)25/h8-10,13-14,26H,4-7,11-12H2,1-3H3,(H,27,28,29). The summed E-state index contributed by atoms with van der Waals surface area (Å²) in [5.41, 5.74) is 0.240. The van der Waals surface area contributed by atoms with Gasteiger partial charge in [-0.25, -0.2) is 23.5 Å². The summed E-state index contributed by atoms with van der Waals surface area (Å²) >= 11 is 2.96. The van der Waals surface area contributed by atoms with Gasteiger partial charge >= 0.3 is 6.09 Å². The average Bonchev–Trinajstić information content (AvgIpc) is 2.71. The third-order valence-electron chi connectivity index (χ3n) is 5.00. The Morgan fingerprint density at radius 2 is 1.91 bits per heavy atom. The summed E-state index contributed by atoms with van der Waals surface area (Å²) in [6, 6.07) is 3.83. The Labute approximate surface area is 195 Å². The van der Waals surface area contributed by atoms with Gasteiger partial charge in [0.15, 0.2) is 0 Å². The maximum absolute atomic E-state index is 14.0. The zero-order valence-corrected chi connectivity index (χ0v) is 20.0. The van der Waals surface area contributed by atoms with Crippen LogP contribution in [-0.4, -0.2) is 46.2 Å². The van der Waals surface area contributed by atoms with Crippen molar-refractivity contribution in [2.24, 2.45) is 5.92 Å². The van der Waals surface area contributed by atoms with E-state index < -0.39 is 17.2 Å². The average molecular weight is 512 g/mol. The number of carbonyl (C=O) groups excluding carboxylic acids is 1. The molecular formula is C22H28BrF2N5O2. The first-order valence-corrected chi connectivity index (χ1v) is 11.3.